The summed E-state index contributed by atoms with van der Waals surface area (Å²) in [5.74, 6) is -1.52. The van der Waals surface area contributed by atoms with Gasteiger partial charge >= 0.3 is 5.97 Å². The summed E-state index contributed by atoms with van der Waals surface area (Å²) in [6.07, 6.45) is 10.7. The first-order valence-electron chi connectivity index (χ1n) is 13.0. The zero-order chi connectivity index (χ0) is 26.6. The van der Waals surface area contributed by atoms with E-state index < -0.39 is 27.4 Å². The number of nitrogens with one attached hydrogen (secondary N) is 1. The van der Waals surface area contributed by atoms with E-state index in [-0.39, 0.29) is 22.4 Å². The molecule has 0 unspecified atom stereocenters. The molecule has 204 valence electrons. The number of anilines is 1. The van der Waals surface area contributed by atoms with Gasteiger partial charge in [0, 0.05) is 23.4 Å². The van der Waals surface area contributed by atoms with Gasteiger partial charge in [0.25, 0.3) is 10.0 Å². The van der Waals surface area contributed by atoms with Crippen molar-refractivity contribution in [1.82, 2.24) is 9.88 Å². The molecule has 2 heterocycles. The molecule has 1 aliphatic heterocycles. The highest BCUT2D eigenvalue weighted by Gasteiger charge is 2.31. The van der Waals surface area contributed by atoms with E-state index in [9.17, 15) is 17.6 Å². The van der Waals surface area contributed by atoms with E-state index in [1.807, 2.05) is 0 Å². The second-order valence-corrected chi connectivity index (χ2v) is 12.6. The Labute approximate surface area is 222 Å². The minimum atomic E-state index is -4.11. The summed E-state index contributed by atoms with van der Waals surface area (Å²) in [5.41, 5.74) is -0.786. The highest BCUT2D eigenvalue weighted by atomic mass is 32.2. The lowest BCUT2D eigenvalue weighted by molar-refractivity contribution is 0.0691. The number of methoxy groups -OCH3 is 1. The highest BCUT2D eigenvalue weighted by Crippen LogP contribution is 2.38. The number of sulfonamides is 1. The molecule has 2 N–H and O–H groups in total. The number of aromatic nitrogens is 1. The molecular weight excluding hydrogens is 517 g/mol. The average molecular weight is 554 g/mol. The number of likely N-dealkylation sites (tertiary alicyclic amines) is 1. The summed E-state index contributed by atoms with van der Waals surface area (Å²) < 4.78 is 47.5. The number of ether oxygens (including phenoxy) is 1. The molecule has 1 aromatic carbocycles. The summed E-state index contributed by atoms with van der Waals surface area (Å²) >= 11 is 1.33. The SMILES string of the molecule is CCCCC1CCN([C@H]2CC[C@@H](c3nc(S(=O)(=O)Nc4cc(F)c(C(=O)O)cc4OC)cs3)CC2)CC1. The van der Waals surface area contributed by atoms with E-state index in [1.54, 1.807) is 0 Å². The first kappa shape index (κ1) is 27.8. The molecular formula is C26H36FN3O5S2. The maximum absolute atomic E-state index is 14.2. The molecule has 8 nitrogen and oxygen atoms in total. The van der Waals surface area contributed by atoms with E-state index in [0.29, 0.717) is 6.04 Å². The van der Waals surface area contributed by atoms with Crippen molar-refractivity contribution >= 4 is 33.0 Å². The number of carboxylic acid groups (broad SMARTS) is 1. The molecule has 11 heteroatoms. The van der Waals surface area contributed by atoms with Gasteiger partial charge in [0.1, 0.15) is 11.6 Å². The van der Waals surface area contributed by atoms with Crippen molar-refractivity contribution in [1.29, 1.82) is 0 Å². The van der Waals surface area contributed by atoms with Crippen LogP contribution in [0.15, 0.2) is 22.5 Å². The van der Waals surface area contributed by atoms with E-state index in [4.69, 9.17) is 9.84 Å². The van der Waals surface area contributed by atoms with Crippen molar-refractivity contribution in [3.8, 4) is 5.75 Å². The molecule has 0 spiro atoms. The lowest BCUT2D eigenvalue weighted by Gasteiger charge is -2.40. The van der Waals surface area contributed by atoms with Gasteiger partial charge in [-0.1, -0.05) is 26.2 Å². The van der Waals surface area contributed by atoms with Gasteiger partial charge in [-0.3, -0.25) is 4.72 Å². The largest absolute Gasteiger partial charge is 0.495 e. The van der Waals surface area contributed by atoms with Crippen LogP contribution in [0.1, 0.15) is 86.0 Å². The van der Waals surface area contributed by atoms with Crippen LogP contribution in [0.2, 0.25) is 0 Å². The Morgan fingerprint density at radius 2 is 1.92 bits per heavy atom. The van der Waals surface area contributed by atoms with E-state index >= 15 is 0 Å². The number of nitrogens with zero attached hydrogens (tertiary/aromatic N) is 2. The van der Waals surface area contributed by atoms with Crippen LogP contribution in [0.5, 0.6) is 5.75 Å². The average Bonchev–Trinajstić information content (AvgIpc) is 3.39. The number of unbranched alkanes of at least 4 members (excludes halogenated alkanes) is 1. The van der Waals surface area contributed by atoms with Gasteiger partial charge in [0.2, 0.25) is 0 Å². The predicted octanol–water partition coefficient (Wildman–Crippen LogP) is 5.72. The van der Waals surface area contributed by atoms with Crippen LogP contribution < -0.4 is 9.46 Å². The highest BCUT2D eigenvalue weighted by molar-refractivity contribution is 7.92. The first-order chi connectivity index (χ1) is 17.7. The number of piperidine rings is 1. The fraction of sp³-hybridized carbons (Fsp3) is 0.615. The maximum atomic E-state index is 14.2. The van der Waals surface area contributed by atoms with Gasteiger partial charge in [-0.25, -0.2) is 14.2 Å². The summed E-state index contributed by atoms with van der Waals surface area (Å²) in [6.45, 7) is 4.63. The van der Waals surface area contributed by atoms with Gasteiger partial charge < -0.3 is 14.7 Å². The minimum absolute atomic E-state index is 0.0921. The molecule has 0 amide bonds. The molecule has 2 aromatic rings. The fourth-order valence-electron chi connectivity index (χ4n) is 5.53. The molecule has 0 bridgehead atoms. The molecule has 1 saturated heterocycles. The summed E-state index contributed by atoms with van der Waals surface area (Å²) in [4.78, 5) is 18.3. The lowest BCUT2D eigenvalue weighted by Crippen LogP contribution is -2.43. The minimum Gasteiger partial charge on any atom is -0.495 e. The van der Waals surface area contributed by atoms with Crippen LogP contribution in [-0.4, -0.2) is 55.6 Å². The van der Waals surface area contributed by atoms with Crippen LogP contribution in [-0.2, 0) is 10.0 Å². The summed E-state index contributed by atoms with van der Waals surface area (Å²) in [7, 11) is -2.85. The second-order valence-electron chi connectivity index (χ2n) is 10.1. The van der Waals surface area contributed by atoms with Crippen molar-refractivity contribution in [3.05, 3.63) is 33.9 Å². The van der Waals surface area contributed by atoms with Crippen LogP contribution in [0.25, 0.3) is 0 Å². The van der Waals surface area contributed by atoms with Crippen LogP contribution >= 0.6 is 11.3 Å². The summed E-state index contributed by atoms with van der Waals surface area (Å²) in [6, 6.07) is 2.36. The quantitative estimate of drug-likeness (QED) is 0.387. The Bertz CT molecular complexity index is 1190. The number of aromatic carboxylic acids is 1. The zero-order valence-corrected chi connectivity index (χ0v) is 23.0. The third kappa shape index (κ3) is 6.61. The number of hydrogen-bond acceptors (Lipinski definition) is 7. The Balaban J connectivity index is 1.36. The number of halogens is 1. The van der Waals surface area contributed by atoms with Crippen molar-refractivity contribution in [2.24, 2.45) is 5.92 Å². The third-order valence-corrected chi connectivity index (χ3v) is 10.1. The standard InChI is InChI=1S/C26H36FN3O5S2/c1-3-4-5-17-10-12-30(13-11-17)19-8-6-18(7-9-19)25-28-24(16-36-25)37(33,34)29-22-15-21(27)20(26(31)32)14-23(22)35-2/h14-19,29H,3-13H2,1-2H3,(H,31,32)/t18-,19+. The topological polar surface area (TPSA) is 109 Å². The van der Waals surface area contributed by atoms with Gasteiger partial charge in [-0.2, -0.15) is 8.42 Å². The van der Waals surface area contributed by atoms with E-state index in [2.05, 4.69) is 21.5 Å². The normalized spacial score (nSPS) is 21.6. The smallest absolute Gasteiger partial charge is 0.338 e. The van der Waals surface area contributed by atoms with Crippen LogP contribution in [0.3, 0.4) is 0 Å². The molecule has 0 atom stereocenters. The zero-order valence-electron chi connectivity index (χ0n) is 21.4. The van der Waals surface area contributed by atoms with E-state index in [0.717, 1.165) is 48.7 Å². The number of thiazole rings is 1. The van der Waals surface area contributed by atoms with Crippen LogP contribution in [0.4, 0.5) is 10.1 Å². The Morgan fingerprint density at radius 1 is 1.22 bits per heavy atom. The van der Waals surface area contributed by atoms with E-state index in [1.165, 1.54) is 69.0 Å². The maximum Gasteiger partial charge on any atom is 0.338 e. The predicted molar refractivity (Wildman–Crippen MR) is 142 cm³/mol. The van der Waals surface area contributed by atoms with Gasteiger partial charge in [-0.05, 0) is 63.6 Å². The molecule has 0 radical (unpaired) electrons. The van der Waals surface area contributed by atoms with Crippen molar-refractivity contribution < 1.29 is 27.4 Å². The lowest BCUT2D eigenvalue weighted by atomic mass is 9.84. The molecule has 2 aliphatic rings. The second kappa shape index (κ2) is 12.1. The molecule has 4 rings (SSSR count). The van der Waals surface area contributed by atoms with Gasteiger partial charge in [0.15, 0.2) is 5.03 Å². The Morgan fingerprint density at radius 3 is 2.54 bits per heavy atom. The van der Waals surface area contributed by atoms with Crippen LogP contribution in [0, 0.1) is 11.7 Å². The van der Waals surface area contributed by atoms with Crippen molar-refractivity contribution in [3.63, 3.8) is 0 Å². The third-order valence-electron chi connectivity index (χ3n) is 7.72. The number of carboxylic acids is 1. The Hall–Kier alpha value is -2.24. The van der Waals surface area contributed by atoms with Crippen molar-refractivity contribution in [2.45, 2.75) is 81.7 Å². The monoisotopic (exact) mass is 553 g/mol. The molecule has 1 aliphatic carbocycles. The van der Waals surface area contributed by atoms with Crippen molar-refractivity contribution in [2.75, 3.05) is 24.9 Å². The van der Waals surface area contributed by atoms with Gasteiger partial charge in [-0.15, -0.1) is 11.3 Å². The number of carbonyl (C=O) groups is 1. The molecule has 1 saturated carbocycles. The fourth-order valence-corrected chi connectivity index (χ4v) is 7.87. The van der Waals surface area contributed by atoms with Gasteiger partial charge in [0.05, 0.1) is 23.4 Å². The molecule has 37 heavy (non-hydrogen) atoms. The first-order valence-corrected chi connectivity index (χ1v) is 15.4. The summed E-state index contributed by atoms with van der Waals surface area (Å²) in [5, 5.41) is 11.3. The number of benzene rings is 1. The molecule has 2 fully saturated rings. The molecule has 1 aromatic heterocycles. The number of hydrogen-bond donors (Lipinski definition) is 2. The Kier molecular flexibility index (Phi) is 9.07. The number of rotatable bonds is 10.